The van der Waals surface area contributed by atoms with Gasteiger partial charge in [0.15, 0.2) is 5.78 Å². The second-order valence-electron chi connectivity index (χ2n) is 7.58. The van der Waals surface area contributed by atoms with Gasteiger partial charge in [-0.1, -0.05) is 50.3 Å². The summed E-state index contributed by atoms with van der Waals surface area (Å²) in [6.45, 7) is 13.4. The second kappa shape index (κ2) is 8.43. The summed E-state index contributed by atoms with van der Waals surface area (Å²) < 4.78 is 0. The Morgan fingerprint density at radius 3 is 2.32 bits per heavy atom. The third kappa shape index (κ3) is 5.27. The van der Waals surface area contributed by atoms with Crippen LogP contribution in [0.1, 0.15) is 47.5 Å². The van der Waals surface area contributed by atoms with Crippen LogP contribution in [0.15, 0.2) is 47.6 Å². The number of carbonyl (C=O) groups excluding carboxylic acids is 1. The maximum Gasteiger partial charge on any atom is 0.307 e. The number of allylic oxidation sites excluding steroid dienone is 6. The van der Waals surface area contributed by atoms with Gasteiger partial charge in [0.1, 0.15) is 0 Å². The van der Waals surface area contributed by atoms with Gasteiger partial charge in [-0.15, -0.1) is 0 Å². The molecule has 1 fully saturated rings. The number of ketones is 1. The minimum absolute atomic E-state index is 0.0386. The molecule has 1 saturated carbocycles. The number of aliphatic hydroxyl groups excluding tert-OH is 1. The van der Waals surface area contributed by atoms with Crippen molar-refractivity contribution in [3.8, 4) is 0 Å². The molecule has 4 heteroatoms. The molecule has 2 rings (SSSR count). The molecule has 0 aromatic rings. The van der Waals surface area contributed by atoms with Crippen molar-refractivity contribution < 1.29 is 19.8 Å². The molecule has 2 aliphatic rings. The number of carboxylic acids is 1. The first kappa shape index (κ1) is 21.1. The Morgan fingerprint density at radius 1 is 1.36 bits per heavy atom. The van der Waals surface area contributed by atoms with Gasteiger partial charge in [0.25, 0.3) is 0 Å². The lowest BCUT2D eigenvalue weighted by Gasteiger charge is -1.99. The van der Waals surface area contributed by atoms with Crippen LogP contribution in [-0.4, -0.2) is 28.1 Å². The van der Waals surface area contributed by atoms with Crippen LogP contribution in [0.4, 0.5) is 0 Å². The molecule has 3 atom stereocenters. The Kier molecular flexibility index (Phi) is 7.12. The molecule has 0 radical (unpaired) electrons. The normalized spacial score (nSPS) is 27.0. The van der Waals surface area contributed by atoms with E-state index in [0.717, 1.165) is 11.1 Å². The predicted octanol–water partition coefficient (Wildman–Crippen LogP) is 4.08. The summed E-state index contributed by atoms with van der Waals surface area (Å²) in [4.78, 5) is 22.1. The number of Topliss-reactive ketones (excluding diaryl/α,β-unsaturated/α-hetero) is 1. The number of carbonyl (C=O) groups is 2. The zero-order valence-corrected chi connectivity index (χ0v) is 15.9. The average Bonchev–Trinajstić information content (AvgIpc) is 2.93. The summed E-state index contributed by atoms with van der Waals surface area (Å²) in [6, 6.07) is 0. The minimum atomic E-state index is -0.664. The molecule has 4 nitrogen and oxygen atoms in total. The van der Waals surface area contributed by atoms with Crippen LogP contribution >= 0.6 is 0 Å². The van der Waals surface area contributed by atoms with Crippen molar-refractivity contribution in [3.05, 3.63) is 47.6 Å². The van der Waals surface area contributed by atoms with Gasteiger partial charge in [0.05, 0.1) is 12.0 Å². The predicted molar refractivity (Wildman–Crippen MR) is 100 cm³/mol. The molecule has 25 heavy (non-hydrogen) atoms. The SMILES string of the molecule is C=CC=CCC1=C(C)C(O)CC1=O.CC(C)=CC1C(C(=O)O)C1(C)C. The van der Waals surface area contributed by atoms with Crippen LogP contribution in [-0.2, 0) is 9.59 Å². The molecular weight excluding hydrogens is 316 g/mol. The van der Waals surface area contributed by atoms with Gasteiger partial charge in [-0.2, -0.15) is 0 Å². The van der Waals surface area contributed by atoms with Crippen molar-refractivity contribution >= 4 is 11.8 Å². The number of aliphatic carboxylic acids is 1. The number of hydrogen-bond acceptors (Lipinski definition) is 3. The van der Waals surface area contributed by atoms with Gasteiger partial charge < -0.3 is 10.2 Å². The molecule has 0 spiro atoms. The zero-order valence-electron chi connectivity index (χ0n) is 15.9. The fraction of sp³-hybridized carbons (Fsp3) is 0.524. The van der Waals surface area contributed by atoms with E-state index in [1.54, 1.807) is 12.2 Å². The minimum Gasteiger partial charge on any atom is -0.481 e. The highest BCUT2D eigenvalue weighted by Crippen LogP contribution is 2.59. The molecule has 2 N–H and O–H groups in total. The van der Waals surface area contributed by atoms with Crippen LogP contribution in [0.25, 0.3) is 0 Å². The highest BCUT2D eigenvalue weighted by atomic mass is 16.4. The van der Waals surface area contributed by atoms with Gasteiger partial charge in [0, 0.05) is 12.0 Å². The average molecular weight is 346 g/mol. The molecular formula is C21H30O4. The van der Waals surface area contributed by atoms with Crippen molar-refractivity contribution in [1.29, 1.82) is 0 Å². The number of rotatable bonds is 5. The van der Waals surface area contributed by atoms with Gasteiger partial charge in [0.2, 0.25) is 0 Å². The van der Waals surface area contributed by atoms with Gasteiger partial charge in [-0.3, -0.25) is 9.59 Å². The third-order valence-electron chi connectivity index (χ3n) is 4.97. The second-order valence-corrected chi connectivity index (χ2v) is 7.58. The highest BCUT2D eigenvalue weighted by molar-refractivity contribution is 5.99. The molecule has 138 valence electrons. The quantitative estimate of drug-likeness (QED) is 0.581. The van der Waals surface area contributed by atoms with Gasteiger partial charge >= 0.3 is 5.97 Å². The molecule has 0 saturated heterocycles. The van der Waals surface area contributed by atoms with E-state index in [4.69, 9.17) is 5.11 Å². The van der Waals surface area contributed by atoms with E-state index >= 15 is 0 Å². The van der Waals surface area contributed by atoms with E-state index in [-0.39, 0.29) is 29.5 Å². The van der Waals surface area contributed by atoms with Crippen LogP contribution in [0.5, 0.6) is 0 Å². The summed E-state index contributed by atoms with van der Waals surface area (Å²) in [7, 11) is 0. The van der Waals surface area contributed by atoms with Gasteiger partial charge in [-0.05, 0) is 44.1 Å². The first-order valence-electron chi connectivity index (χ1n) is 8.60. The van der Waals surface area contributed by atoms with E-state index < -0.39 is 12.1 Å². The van der Waals surface area contributed by atoms with Crippen molar-refractivity contribution in [2.45, 2.75) is 53.6 Å². The summed E-state index contributed by atoms with van der Waals surface area (Å²) >= 11 is 0. The first-order valence-corrected chi connectivity index (χ1v) is 8.60. The lowest BCUT2D eigenvalue weighted by molar-refractivity contribution is -0.139. The molecule has 0 bridgehead atoms. The Hall–Kier alpha value is -1.94. The number of hydrogen-bond donors (Lipinski definition) is 2. The number of aliphatic hydroxyl groups is 1. The van der Waals surface area contributed by atoms with E-state index in [9.17, 15) is 14.7 Å². The fourth-order valence-electron chi connectivity index (χ4n) is 3.25. The lowest BCUT2D eigenvalue weighted by atomic mass is 10.1. The van der Waals surface area contributed by atoms with Gasteiger partial charge in [-0.25, -0.2) is 0 Å². The van der Waals surface area contributed by atoms with Crippen LogP contribution < -0.4 is 0 Å². The molecule has 0 aromatic carbocycles. The molecule has 0 aromatic heterocycles. The van der Waals surface area contributed by atoms with E-state index in [0.29, 0.717) is 6.42 Å². The smallest absolute Gasteiger partial charge is 0.307 e. The van der Waals surface area contributed by atoms with E-state index in [1.807, 2.05) is 40.7 Å². The third-order valence-corrected chi connectivity index (χ3v) is 4.97. The van der Waals surface area contributed by atoms with E-state index in [1.165, 1.54) is 5.57 Å². The standard InChI is InChI=1S/C11H14O2.C10H16O2/c1-3-4-5-6-9-8(2)10(12)7-11(9)13;1-6(2)5-7-8(9(11)12)10(7,3)4/h3-5,10,12H,1,6-7H2,2H3;5,7-8H,1-4H3,(H,11,12). The highest BCUT2D eigenvalue weighted by Gasteiger charge is 2.60. The first-order chi connectivity index (χ1) is 11.5. The van der Waals surface area contributed by atoms with E-state index in [2.05, 4.69) is 12.7 Å². The van der Waals surface area contributed by atoms with Crippen molar-refractivity contribution in [2.75, 3.05) is 0 Å². The van der Waals surface area contributed by atoms with Crippen molar-refractivity contribution in [2.24, 2.45) is 17.3 Å². The number of carboxylic acid groups (broad SMARTS) is 1. The van der Waals surface area contributed by atoms with Crippen molar-refractivity contribution in [3.63, 3.8) is 0 Å². The van der Waals surface area contributed by atoms with Crippen LogP contribution in [0, 0.1) is 17.3 Å². The molecule has 0 amide bonds. The maximum absolute atomic E-state index is 11.3. The Balaban J connectivity index is 0.000000251. The topological polar surface area (TPSA) is 74.6 Å². The summed E-state index contributed by atoms with van der Waals surface area (Å²) in [5.41, 5.74) is 2.74. The Labute approximate surface area is 150 Å². The molecule has 2 aliphatic carbocycles. The molecule has 0 aliphatic heterocycles. The maximum atomic E-state index is 11.3. The van der Waals surface area contributed by atoms with Crippen LogP contribution in [0.2, 0.25) is 0 Å². The summed E-state index contributed by atoms with van der Waals surface area (Å²) in [5, 5.41) is 18.2. The fourth-order valence-corrected chi connectivity index (χ4v) is 3.25. The summed E-state index contributed by atoms with van der Waals surface area (Å²) in [6.07, 6.45) is 7.72. The Bertz CT molecular complexity index is 630. The monoisotopic (exact) mass is 346 g/mol. The summed E-state index contributed by atoms with van der Waals surface area (Å²) in [5.74, 6) is -0.534. The molecule has 3 unspecified atom stereocenters. The Morgan fingerprint density at radius 2 is 1.96 bits per heavy atom. The largest absolute Gasteiger partial charge is 0.481 e. The molecule has 0 heterocycles. The van der Waals surface area contributed by atoms with Crippen LogP contribution in [0.3, 0.4) is 0 Å². The van der Waals surface area contributed by atoms with Crippen molar-refractivity contribution in [1.82, 2.24) is 0 Å². The lowest BCUT2D eigenvalue weighted by Crippen LogP contribution is -2.03. The zero-order chi connectivity index (χ0) is 19.4.